The molecule has 1 aromatic carbocycles. The van der Waals surface area contributed by atoms with E-state index in [4.69, 9.17) is 22.8 Å². The van der Waals surface area contributed by atoms with E-state index in [9.17, 15) is 9.59 Å². The summed E-state index contributed by atoms with van der Waals surface area (Å²) in [6.07, 6.45) is 5.25. The van der Waals surface area contributed by atoms with Crippen molar-refractivity contribution in [3.05, 3.63) is 28.3 Å². The van der Waals surface area contributed by atoms with Gasteiger partial charge in [-0.05, 0) is 19.1 Å². The van der Waals surface area contributed by atoms with Crippen molar-refractivity contribution in [1.29, 1.82) is 0 Å². The Balaban J connectivity index is 2.57. The van der Waals surface area contributed by atoms with E-state index in [1.54, 1.807) is 19.1 Å². The highest BCUT2D eigenvalue weighted by molar-refractivity contribution is 6.32. The van der Waals surface area contributed by atoms with Crippen LogP contribution in [0.2, 0.25) is 5.02 Å². The van der Waals surface area contributed by atoms with Crippen molar-refractivity contribution in [2.45, 2.75) is 12.8 Å². The van der Waals surface area contributed by atoms with Crippen molar-refractivity contribution in [1.82, 2.24) is 10.0 Å². The molecule has 0 bridgehead atoms. The molecule has 118 valence electrons. The third-order valence-corrected chi connectivity index (χ3v) is 3.85. The summed E-state index contributed by atoms with van der Waals surface area (Å²) in [6.45, 7) is 1.71. The molecule has 1 atom stereocenters. The first-order chi connectivity index (χ1) is 11.0. The van der Waals surface area contributed by atoms with E-state index in [0.29, 0.717) is 16.9 Å². The number of rotatable bonds is 3. The van der Waals surface area contributed by atoms with Gasteiger partial charge >= 0.3 is 0 Å². The standard InChI is InChI=1S/C17H15ClN2O3/c1-5-7-11-9-12(18)14(13(10-11)23-4)15-16(21)19(3)20(8-6-2)17(15)22/h2,9-10,15H,8H2,1,3-4H3. The maximum atomic E-state index is 12.6. The number of hydrogen-bond acceptors (Lipinski definition) is 3. The molecule has 1 unspecified atom stereocenters. The van der Waals surface area contributed by atoms with Crippen LogP contribution >= 0.6 is 11.6 Å². The Morgan fingerprint density at radius 3 is 2.61 bits per heavy atom. The van der Waals surface area contributed by atoms with Crippen LogP contribution in [0, 0.1) is 24.2 Å². The number of ether oxygens (including phenoxy) is 1. The zero-order chi connectivity index (χ0) is 17.1. The van der Waals surface area contributed by atoms with Gasteiger partial charge < -0.3 is 4.74 Å². The van der Waals surface area contributed by atoms with E-state index in [0.717, 1.165) is 0 Å². The summed E-state index contributed by atoms with van der Waals surface area (Å²) in [4.78, 5) is 25.1. The molecule has 0 aromatic heterocycles. The molecule has 0 radical (unpaired) electrons. The lowest BCUT2D eigenvalue weighted by Crippen LogP contribution is -2.37. The van der Waals surface area contributed by atoms with Crippen molar-refractivity contribution < 1.29 is 14.3 Å². The Morgan fingerprint density at radius 1 is 1.35 bits per heavy atom. The monoisotopic (exact) mass is 330 g/mol. The summed E-state index contributed by atoms with van der Waals surface area (Å²) in [7, 11) is 2.94. The fraction of sp³-hybridized carbons (Fsp3) is 0.294. The Kier molecular flexibility index (Phi) is 4.83. The van der Waals surface area contributed by atoms with E-state index in [-0.39, 0.29) is 11.6 Å². The molecular weight excluding hydrogens is 316 g/mol. The number of carbonyl (C=O) groups is 2. The van der Waals surface area contributed by atoms with Gasteiger partial charge in [-0.3, -0.25) is 14.6 Å². The number of halogens is 1. The van der Waals surface area contributed by atoms with Gasteiger partial charge in [0, 0.05) is 18.2 Å². The Morgan fingerprint density at radius 2 is 2.04 bits per heavy atom. The summed E-state index contributed by atoms with van der Waals surface area (Å²) in [6, 6.07) is 3.27. The number of amides is 2. The maximum absolute atomic E-state index is 12.6. The molecule has 1 aliphatic rings. The minimum absolute atomic E-state index is 0.0108. The van der Waals surface area contributed by atoms with Crippen LogP contribution in [0.25, 0.3) is 0 Å². The molecule has 2 rings (SSSR count). The van der Waals surface area contributed by atoms with Crippen LogP contribution in [0.5, 0.6) is 5.75 Å². The van der Waals surface area contributed by atoms with Crippen molar-refractivity contribution in [3.63, 3.8) is 0 Å². The highest BCUT2D eigenvalue weighted by Gasteiger charge is 2.46. The van der Waals surface area contributed by atoms with Crippen LogP contribution in [0.4, 0.5) is 0 Å². The van der Waals surface area contributed by atoms with Crippen LogP contribution in [-0.2, 0) is 9.59 Å². The first kappa shape index (κ1) is 16.7. The van der Waals surface area contributed by atoms with E-state index in [2.05, 4.69) is 17.8 Å². The fourth-order valence-electron chi connectivity index (χ4n) is 2.48. The zero-order valence-electron chi connectivity index (χ0n) is 13.0. The Labute approximate surface area is 140 Å². The molecule has 2 amide bonds. The lowest BCUT2D eigenvalue weighted by Gasteiger charge is -2.20. The number of benzene rings is 1. The average molecular weight is 331 g/mol. The van der Waals surface area contributed by atoms with Gasteiger partial charge in [-0.1, -0.05) is 23.4 Å². The van der Waals surface area contributed by atoms with E-state index >= 15 is 0 Å². The first-order valence-corrected chi connectivity index (χ1v) is 7.16. The lowest BCUT2D eigenvalue weighted by molar-refractivity contribution is -0.142. The minimum atomic E-state index is -1.07. The number of nitrogens with zero attached hydrogens (tertiary/aromatic N) is 2. The van der Waals surface area contributed by atoms with E-state index in [1.807, 2.05) is 0 Å². The third-order valence-electron chi connectivity index (χ3n) is 3.54. The number of hydrogen-bond donors (Lipinski definition) is 0. The number of likely N-dealkylation sites (N-methyl/N-ethyl adjacent to an activating group) is 1. The minimum Gasteiger partial charge on any atom is -0.496 e. The molecule has 0 N–H and O–H groups in total. The molecule has 1 aromatic rings. The maximum Gasteiger partial charge on any atom is 0.259 e. The van der Waals surface area contributed by atoms with Gasteiger partial charge in [0.15, 0.2) is 5.92 Å². The van der Waals surface area contributed by atoms with E-state index < -0.39 is 17.7 Å². The molecular formula is C17H15ClN2O3. The van der Waals surface area contributed by atoms with Crippen molar-refractivity contribution in [3.8, 4) is 29.9 Å². The summed E-state index contributed by atoms with van der Waals surface area (Å²) >= 11 is 6.30. The van der Waals surface area contributed by atoms with Gasteiger partial charge in [0.1, 0.15) is 12.3 Å². The lowest BCUT2D eigenvalue weighted by atomic mass is 9.95. The number of methoxy groups -OCH3 is 1. The second kappa shape index (κ2) is 6.64. The molecule has 6 heteroatoms. The van der Waals surface area contributed by atoms with Gasteiger partial charge in [0.05, 0.1) is 12.1 Å². The molecule has 1 aliphatic heterocycles. The van der Waals surface area contributed by atoms with Crippen molar-refractivity contribution >= 4 is 23.4 Å². The van der Waals surface area contributed by atoms with Crippen molar-refractivity contribution in [2.75, 3.05) is 20.7 Å². The van der Waals surface area contributed by atoms with Gasteiger partial charge in [-0.2, -0.15) is 0 Å². The topological polar surface area (TPSA) is 49.9 Å². The number of carbonyl (C=O) groups excluding carboxylic acids is 2. The smallest absolute Gasteiger partial charge is 0.259 e. The molecule has 0 saturated carbocycles. The van der Waals surface area contributed by atoms with E-state index in [1.165, 1.54) is 24.2 Å². The molecule has 0 spiro atoms. The quantitative estimate of drug-likeness (QED) is 0.625. The van der Waals surface area contributed by atoms with Gasteiger partial charge in [-0.25, -0.2) is 5.01 Å². The predicted molar refractivity (Wildman–Crippen MR) is 86.6 cm³/mol. The summed E-state index contributed by atoms with van der Waals surface area (Å²) in [5.41, 5.74) is 0.974. The van der Waals surface area contributed by atoms with Crippen LogP contribution in [-0.4, -0.2) is 42.5 Å². The largest absolute Gasteiger partial charge is 0.496 e. The summed E-state index contributed by atoms with van der Waals surface area (Å²) in [5, 5.41) is 2.68. The molecule has 5 nitrogen and oxygen atoms in total. The van der Waals surface area contributed by atoms with Crippen LogP contribution in [0.3, 0.4) is 0 Å². The SMILES string of the molecule is C#CCN1C(=O)C(c2c(Cl)cc(C#CC)cc2OC)C(=O)N1C. The van der Waals surface area contributed by atoms with Gasteiger partial charge in [0.2, 0.25) is 0 Å². The second-order valence-corrected chi connectivity index (χ2v) is 5.25. The molecule has 1 heterocycles. The molecule has 23 heavy (non-hydrogen) atoms. The number of hydrazine groups is 1. The molecule has 1 fully saturated rings. The second-order valence-electron chi connectivity index (χ2n) is 4.84. The summed E-state index contributed by atoms with van der Waals surface area (Å²) in [5.74, 6) is 6.44. The summed E-state index contributed by atoms with van der Waals surface area (Å²) < 4.78 is 5.32. The Hall–Kier alpha value is -2.63. The zero-order valence-corrected chi connectivity index (χ0v) is 13.8. The normalized spacial score (nSPS) is 16.9. The van der Waals surface area contributed by atoms with Gasteiger partial charge in [0.25, 0.3) is 11.8 Å². The fourth-order valence-corrected chi connectivity index (χ4v) is 2.80. The third kappa shape index (κ3) is 2.84. The highest BCUT2D eigenvalue weighted by atomic mass is 35.5. The van der Waals surface area contributed by atoms with Crippen LogP contribution < -0.4 is 4.74 Å². The molecule has 0 aliphatic carbocycles. The van der Waals surface area contributed by atoms with Crippen LogP contribution in [0.15, 0.2) is 12.1 Å². The molecule has 1 saturated heterocycles. The van der Waals surface area contributed by atoms with Gasteiger partial charge in [-0.15, -0.1) is 12.3 Å². The predicted octanol–water partition coefficient (Wildman–Crippen LogP) is 1.65. The highest BCUT2D eigenvalue weighted by Crippen LogP contribution is 2.39. The van der Waals surface area contributed by atoms with Crippen LogP contribution in [0.1, 0.15) is 24.0 Å². The number of terminal acetylenes is 1. The Bertz CT molecular complexity index is 771. The average Bonchev–Trinajstić information content (AvgIpc) is 2.72. The van der Waals surface area contributed by atoms with Crippen molar-refractivity contribution in [2.24, 2.45) is 0 Å². The first-order valence-electron chi connectivity index (χ1n) is 6.78.